The number of carbonyl (C=O) groups is 1. The minimum atomic E-state index is 0.245. The summed E-state index contributed by atoms with van der Waals surface area (Å²) in [5.41, 5.74) is 5.88. The van der Waals surface area contributed by atoms with Crippen LogP contribution in [0.4, 0.5) is 5.82 Å². The highest BCUT2D eigenvalue weighted by atomic mass is 16.2. The summed E-state index contributed by atoms with van der Waals surface area (Å²) in [6.07, 6.45) is 8.59. The van der Waals surface area contributed by atoms with Gasteiger partial charge in [0.1, 0.15) is 0 Å². The van der Waals surface area contributed by atoms with Crippen molar-refractivity contribution in [1.29, 1.82) is 0 Å². The number of hydrogen-bond donors (Lipinski definition) is 0. The summed E-state index contributed by atoms with van der Waals surface area (Å²) in [7, 11) is 0. The second kappa shape index (κ2) is 10.7. The summed E-state index contributed by atoms with van der Waals surface area (Å²) in [6, 6.07) is 8.57. The number of piperazine rings is 1. The summed E-state index contributed by atoms with van der Waals surface area (Å²) < 4.78 is 0. The van der Waals surface area contributed by atoms with Gasteiger partial charge in [-0.15, -0.1) is 10.2 Å². The van der Waals surface area contributed by atoms with Gasteiger partial charge in [0, 0.05) is 37.7 Å². The Morgan fingerprint density at radius 1 is 0.909 bits per heavy atom. The number of unbranched alkanes of at least 4 members (excludes halogenated alkanes) is 1. The van der Waals surface area contributed by atoms with Crippen LogP contribution >= 0.6 is 0 Å². The van der Waals surface area contributed by atoms with Crippen molar-refractivity contribution in [3.63, 3.8) is 0 Å². The van der Waals surface area contributed by atoms with Gasteiger partial charge in [-0.05, 0) is 87.3 Å². The van der Waals surface area contributed by atoms with Crippen LogP contribution in [0.5, 0.6) is 0 Å². The van der Waals surface area contributed by atoms with Gasteiger partial charge in [-0.25, -0.2) is 0 Å². The van der Waals surface area contributed by atoms with E-state index in [2.05, 4.69) is 72.0 Å². The normalized spacial score (nSPS) is 21.3. The Morgan fingerprint density at radius 2 is 1.61 bits per heavy atom. The van der Waals surface area contributed by atoms with Gasteiger partial charge in [-0.2, -0.15) is 0 Å². The average molecular weight is 449 g/mol. The van der Waals surface area contributed by atoms with Gasteiger partial charge in [0.15, 0.2) is 5.82 Å². The fourth-order valence-electron chi connectivity index (χ4n) is 5.48. The number of rotatable bonds is 6. The minimum Gasteiger partial charge on any atom is -0.352 e. The lowest BCUT2D eigenvalue weighted by molar-refractivity contribution is -0.137. The number of aryl methyl sites for hydroxylation is 3. The van der Waals surface area contributed by atoms with Crippen molar-refractivity contribution in [2.75, 3.05) is 31.1 Å². The van der Waals surface area contributed by atoms with Crippen LogP contribution < -0.4 is 4.90 Å². The fraction of sp³-hybridized carbons (Fsp3) is 0.607. The molecule has 33 heavy (non-hydrogen) atoms. The number of aromatic nitrogens is 2. The monoisotopic (exact) mass is 448 g/mol. The number of carbonyl (C=O) groups excluding carboxylic acids is 1. The third-order valence-corrected chi connectivity index (χ3v) is 7.84. The lowest BCUT2D eigenvalue weighted by atomic mass is 9.79. The van der Waals surface area contributed by atoms with Crippen LogP contribution in [0.3, 0.4) is 0 Å². The van der Waals surface area contributed by atoms with Crippen molar-refractivity contribution in [2.45, 2.75) is 72.6 Å². The summed E-state index contributed by atoms with van der Waals surface area (Å²) >= 11 is 0. The standard InChI is InChI=1S/C28H40N4O/c1-5-6-7-23-8-10-24(11-9-23)28(33)32-16-14-31(15-17-32)27-13-12-26(29-30-27)25-19-21(3)20(2)18-22(25)4/h12-13,18-19,23-24H,5-11,14-17H2,1-4H3. The Labute approximate surface area is 199 Å². The largest absolute Gasteiger partial charge is 0.352 e. The van der Waals surface area contributed by atoms with Gasteiger partial charge in [-0.3, -0.25) is 4.79 Å². The van der Waals surface area contributed by atoms with E-state index in [0.717, 1.165) is 62.0 Å². The average Bonchev–Trinajstić information content (AvgIpc) is 2.85. The molecule has 2 fully saturated rings. The van der Waals surface area contributed by atoms with E-state index in [-0.39, 0.29) is 5.92 Å². The zero-order valence-corrected chi connectivity index (χ0v) is 20.9. The van der Waals surface area contributed by atoms with Crippen LogP contribution in [-0.2, 0) is 4.79 Å². The minimum absolute atomic E-state index is 0.245. The smallest absolute Gasteiger partial charge is 0.225 e. The number of amides is 1. The quantitative estimate of drug-likeness (QED) is 0.568. The van der Waals surface area contributed by atoms with Gasteiger partial charge in [-0.1, -0.05) is 32.3 Å². The van der Waals surface area contributed by atoms with Gasteiger partial charge in [0.05, 0.1) is 5.69 Å². The first-order valence-electron chi connectivity index (χ1n) is 12.9. The summed E-state index contributed by atoms with van der Waals surface area (Å²) in [6.45, 7) is 11.9. The van der Waals surface area contributed by atoms with E-state index < -0.39 is 0 Å². The van der Waals surface area contributed by atoms with E-state index in [0.29, 0.717) is 5.91 Å². The number of hydrogen-bond acceptors (Lipinski definition) is 4. The van der Waals surface area contributed by atoms with Crippen molar-refractivity contribution >= 4 is 11.7 Å². The maximum atomic E-state index is 13.1. The summed E-state index contributed by atoms with van der Waals surface area (Å²) in [5, 5.41) is 9.08. The molecular weight excluding hydrogens is 408 g/mol. The maximum Gasteiger partial charge on any atom is 0.225 e. The fourth-order valence-corrected chi connectivity index (χ4v) is 5.48. The number of anilines is 1. The first-order chi connectivity index (χ1) is 16.0. The molecule has 0 unspecified atom stereocenters. The Hall–Kier alpha value is -2.43. The number of nitrogens with zero attached hydrogens (tertiary/aromatic N) is 4. The predicted octanol–water partition coefficient (Wildman–Crippen LogP) is 5.71. The Kier molecular flexibility index (Phi) is 7.67. The lowest BCUT2D eigenvalue weighted by Crippen LogP contribution is -2.51. The molecule has 1 saturated heterocycles. The molecule has 1 amide bonds. The van der Waals surface area contributed by atoms with Crippen LogP contribution in [-0.4, -0.2) is 47.2 Å². The first-order valence-corrected chi connectivity index (χ1v) is 12.9. The highest BCUT2D eigenvalue weighted by Crippen LogP contribution is 2.33. The third kappa shape index (κ3) is 5.56. The van der Waals surface area contributed by atoms with Gasteiger partial charge < -0.3 is 9.80 Å². The SMILES string of the molecule is CCCCC1CCC(C(=O)N2CCN(c3ccc(-c4cc(C)c(C)cc4C)nn3)CC2)CC1. The molecule has 1 saturated carbocycles. The van der Waals surface area contributed by atoms with Crippen molar-refractivity contribution in [1.82, 2.24) is 15.1 Å². The van der Waals surface area contributed by atoms with Crippen LogP contribution in [0.2, 0.25) is 0 Å². The Morgan fingerprint density at radius 3 is 2.24 bits per heavy atom. The van der Waals surface area contributed by atoms with Crippen LogP contribution in [0.25, 0.3) is 11.3 Å². The van der Waals surface area contributed by atoms with Crippen LogP contribution in [0.1, 0.15) is 68.6 Å². The third-order valence-electron chi connectivity index (χ3n) is 7.84. The van der Waals surface area contributed by atoms with Crippen molar-refractivity contribution in [3.05, 3.63) is 41.0 Å². The molecule has 178 valence electrons. The molecular formula is C28H40N4O. The van der Waals surface area contributed by atoms with Crippen molar-refractivity contribution in [3.8, 4) is 11.3 Å². The van der Waals surface area contributed by atoms with Crippen molar-refractivity contribution in [2.24, 2.45) is 11.8 Å². The molecule has 0 atom stereocenters. The highest BCUT2D eigenvalue weighted by molar-refractivity contribution is 5.79. The number of benzene rings is 1. The highest BCUT2D eigenvalue weighted by Gasteiger charge is 2.31. The summed E-state index contributed by atoms with van der Waals surface area (Å²) in [4.78, 5) is 17.4. The molecule has 0 spiro atoms. The zero-order chi connectivity index (χ0) is 23.4. The Balaban J connectivity index is 1.30. The van der Waals surface area contributed by atoms with Crippen molar-refractivity contribution < 1.29 is 4.79 Å². The molecule has 1 aliphatic heterocycles. The predicted molar refractivity (Wildman–Crippen MR) is 135 cm³/mol. The first kappa shape index (κ1) is 23.7. The van der Waals surface area contributed by atoms with Crippen LogP contribution in [0.15, 0.2) is 24.3 Å². The summed E-state index contributed by atoms with van der Waals surface area (Å²) in [5.74, 6) is 2.38. The van der Waals surface area contributed by atoms with E-state index in [1.807, 2.05) is 0 Å². The molecule has 2 aliphatic rings. The molecule has 2 aromatic rings. The second-order valence-electron chi connectivity index (χ2n) is 10.2. The van der Waals surface area contributed by atoms with E-state index in [1.165, 1.54) is 48.8 Å². The van der Waals surface area contributed by atoms with Crippen LogP contribution in [0, 0.1) is 32.6 Å². The molecule has 5 heteroatoms. The lowest BCUT2D eigenvalue weighted by Gasteiger charge is -2.38. The molecule has 5 nitrogen and oxygen atoms in total. The topological polar surface area (TPSA) is 49.3 Å². The van der Waals surface area contributed by atoms with E-state index >= 15 is 0 Å². The molecule has 4 rings (SSSR count). The molecule has 0 bridgehead atoms. The molecule has 1 aliphatic carbocycles. The maximum absolute atomic E-state index is 13.1. The molecule has 0 radical (unpaired) electrons. The van der Waals surface area contributed by atoms with Gasteiger partial charge in [0.25, 0.3) is 0 Å². The molecule has 2 heterocycles. The zero-order valence-electron chi connectivity index (χ0n) is 20.9. The van der Waals surface area contributed by atoms with E-state index in [9.17, 15) is 4.79 Å². The molecule has 1 aromatic heterocycles. The molecule has 0 N–H and O–H groups in total. The van der Waals surface area contributed by atoms with Gasteiger partial charge >= 0.3 is 0 Å². The second-order valence-corrected chi connectivity index (χ2v) is 10.2. The molecule has 1 aromatic carbocycles. The van der Waals surface area contributed by atoms with E-state index in [1.54, 1.807) is 0 Å². The van der Waals surface area contributed by atoms with Gasteiger partial charge in [0.2, 0.25) is 5.91 Å². The Bertz CT molecular complexity index is 939. The van der Waals surface area contributed by atoms with E-state index in [4.69, 9.17) is 0 Å².